The second kappa shape index (κ2) is 9.16. The predicted octanol–water partition coefficient (Wildman–Crippen LogP) is 2.89. The fourth-order valence-corrected chi connectivity index (χ4v) is 3.67. The van der Waals surface area contributed by atoms with Crippen LogP contribution in [-0.2, 0) is 21.2 Å². The molecule has 0 heterocycles. The molecule has 1 amide bonds. The Balaban J connectivity index is 2.08. The Kier molecular flexibility index (Phi) is 7.15. The van der Waals surface area contributed by atoms with E-state index in [0.29, 0.717) is 17.7 Å². The fourth-order valence-electron chi connectivity index (χ4n) is 2.72. The maximum Gasteiger partial charge on any atom is 0.242 e. The lowest BCUT2D eigenvalue weighted by Gasteiger charge is -2.16. The number of ether oxygens (including phenoxy) is 1. The van der Waals surface area contributed by atoms with Crippen LogP contribution >= 0.6 is 0 Å². The number of hydrogen-bond acceptors (Lipinski definition) is 4. The van der Waals surface area contributed by atoms with Gasteiger partial charge in [0, 0.05) is 20.5 Å². The van der Waals surface area contributed by atoms with Crippen LogP contribution in [0.15, 0.2) is 47.4 Å². The fraction of sp³-hybridized carbons (Fsp3) is 0.350. The number of nitrogens with zero attached hydrogens (tertiary/aromatic N) is 1. The summed E-state index contributed by atoms with van der Waals surface area (Å²) in [6.07, 6.45) is 0.481. The van der Waals surface area contributed by atoms with Crippen molar-refractivity contribution < 1.29 is 22.3 Å². The quantitative estimate of drug-likeness (QED) is 0.729. The molecule has 0 saturated heterocycles. The molecule has 28 heavy (non-hydrogen) atoms. The Morgan fingerprint density at radius 1 is 1.18 bits per heavy atom. The number of amides is 1. The highest BCUT2D eigenvalue weighted by Gasteiger charge is 2.19. The molecular formula is C20H25FN2O4S. The van der Waals surface area contributed by atoms with Crippen molar-refractivity contribution in [3.05, 3.63) is 59.4 Å². The van der Waals surface area contributed by atoms with E-state index in [2.05, 4.69) is 5.32 Å². The van der Waals surface area contributed by atoms with Crippen molar-refractivity contribution in [1.82, 2.24) is 9.62 Å². The summed E-state index contributed by atoms with van der Waals surface area (Å²) in [6.45, 7) is 1.82. The average molecular weight is 408 g/mol. The highest BCUT2D eigenvalue weighted by Crippen LogP contribution is 2.25. The van der Waals surface area contributed by atoms with Gasteiger partial charge in [0.05, 0.1) is 18.0 Å². The minimum atomic E-state index is -3.57. The Morgan fingerprint density at radius 3 is 2.39 bits per heavy atom. The van der Waals surface area contributed by atoms with Crippen molar-refractivity contribution in [1.29, 1.82) is 0 Å². The van der Waals surface area contributed by atoms with Crippen LogP contribution < -0.4 is 10.1 Å². The number of halogens is 1. The van der Waals surface area contributed by atoms with Crippen LogP contribution in [0.25, 0.3) is 0 Å². The molecule has 0 saturated carbocycles. The third-order valence-electron chi connectivity index (χ3n) is 4.40. The highest BCUT2D eigenvalue weighted by molar-refractivity contribution is 7.89. The van der Waals surface area contributed by atoms with Gasteiger partial charge in [-0.15, -0.1) is 0 Å². The molecule has 0 unspecified atom stereocenters. The van der Waals surface area contributed by atoms with Crippen LogP contribution in [0.4, 0.5) is 4.39 Å². The maximum absolute atomic E-state index is 13.0. The van der Waals surface area contributed by atoms with Crippen LogP contribution in [0, 0.1) is 5.82 Å². The minimum absolute atomic E-state index is 0.147. The van der Waals surface area contributed by atoms with Crippen LogP contribution in [0.1, 0.15) is 30.5 Å². The molecule has 0 aliphatic carbocycles. The van der Waals surface area contributed by atoms with Crippen LogP contribution in [-0.4, -0.2) is 39.8 Å². The van der Waals surface area contributed by atoms with E-state index in [1.807, 2.05) is 6.92 Å². The van der Waals surface area contributed by atoms with Crippen molar-refractivity contribution in [3.8, 4) is 5.75 Å². The van der Waals surface area contributed by atoms with Gasteiger partial charge in [-0.25, -0.2) is 17.1 Å². The number of benzene rings is 2. The van der Waals surface area contributed by atoms with Crippen LogP contribution in [0.2, 0.25) is 0 Å². The van der Waals surface area contributed by atoms with Gasteiger partial charge in [0.2, 0.25) is 15.9 Å². The second-order valence-electron chi connectivity index (χ2n) is 6.60. The molecule has 0 aliphatic rings. The lowest BCUT2D eigenvalue weighted by atomic mass is 10.1. The summed E-state index contributed by atoms with van der Waals surface area (Å²) in [5.41, 5.74) is 1.43. The Labute approximate surface area is 165 Å². The number of hydrogen-bond donors (Lipinski definition) is 1. The normalized spacial score (nSPS) is 12.6. The topological polar surface area (TPSA) is 75.7 Å². The van der Waals surface area contributed by atoms with E-state index in [4.69, 9.17) is 4.74 Å². The van der Waals surface area contributed by atoms with Crippen LogP contribution in [0.5, 0.6) is 5.75 Å². The first-order valence-corrected chi connectivity index (χ1v) is 10.2. The van der Waals surface area contributed by atoms with Crippen molar-refractivity contribution in [3.63, 3.8) is 0 Å². The summed E-state index contributed by atoms with van der Waals surface area (Å²) in [7, 11) is 0.844. The number of carbonyl (C=O) groups is 1. The van der Waals surface area contributed by atoms with Gasteiger partial charge in [-0.3, -0.25) is 4.79 Å². The van der Waals surface area contributed by atoms with Gasteiger partial charge in [-0.1, -0.05) is 12.1 Å². The molecule has 1 atom stereocenters. The number of rotatable bonds is 8. The first kappa shape index (κ1) is 21.8. The van der Waals surface area contributed by atoms with E-state index in [1.165, 1.54) is 45.5 Å². The summed E-state index contributed by atoms with van der Waals surface area (Å²) < 4.78 is 44.1. The standard InChI is InChI=1S/C20H25FN2O4S/c1-14(15-5-8-17(21)9-6-15)22-20(24)12-7-16-13-18(10-11-19(16)27-4)28(25,26)23(2)3/h5-6,8-11,13-14H,7,12H2,1-4H3,(H,22,24)/t14-/m0/s1. The number of carbonyl (C=O) groups excluding carboxylic acids is 1. The minimum Gasteiger partial charge on any atom is -0.496 e. The van der Waals surface area contributed by atoms with Gasteiger partial charge in [0.25, 0.3) is 0 Å². The third-order valence-corrected chi connectivity index (χ3v) is 6.21. The average Bonchev–Trinajstić information content (AvgIpc) is 2.66. The van der Waals surface area contributed by atoms with E-state index in [0.717, 1.165) is 9.87 Å². The predicted molar refractivity (Wildman–Crippen MR) is 105 cm³/mol. The molecule has 0 fully saturated rings. The molecule has 2 aromatic carbocycles. The van der Waals surface area contributed by atoms with E-state index >= 15 is 0 Å². The van der Waals surface area contributed by atoms with Crippen LogP contribution in [0.3, 0.4) is 0 Å². The SMILES string of the molecule is COc1ccc(S(=O)(=O)N(C)C)cc1CCC(=O)N[C@@H](C)c1ccc(F)cc1. The van der Waals surface area contributed by atoms with Crippen molar-refractivity contribution in [2.24, 2.45) is 0 Å². The molecule has 0 aromatic heterocycles. The lowest BCUT2D eigenvalue weighted by Crippen LogP contribution is -2.27. The molecule has 6 nitrogen and oxygen atoms in total. The molecule has 0 aliphatic heterocycles. The molecule has 152 valence electrons. The zero-order chi connectivity index (χ0) is 20.9. The van der Waals surface area contributed by atoms with E-state index in [1.54, 1.807) is 18.2 Å². The molecule has 8 heteroatoms. The summed E-state index contributed by atoms with van der Waals surface area (Å²) in [6, 6.07) is 10.3. The third kappa shape index (κ3) is 5.30. The van der Waals surface area contributed by atoms with Gasteiger partial charge >= 0.3 is 0 Å². The van der Waals surface area contributed by atoms with Crippen molar-refractivity contribution in [2.45, 2.75) is 30.7 Å². The monoisotopic (exact) mass is 408 g/mol. The number of nitrogens with one attached hydrogen (secondary N) is 1. The number of sulfonamides is 1. The molecule has 0 bridgehead atoms. The Hall–Kier alpha value is -2.45. The Morgan fingerprint density at radius 2 is 1.82 bits per heavy atom. The molecule has 1 N–H and O–H groups in total. The number of aryl methyl sites for hydroxylation is 1. The smallest absolute Gasteiger partial charge is 0.242 e. The van der Waals surface area contributed by atoms with E-state index in [-0.39, 0.29) is 29.1 Å². The Bertz CT molecular complexity index is 928. The van der Waals surface area contributed by atoms with Gasteiger partial charge in [-0.2, -0.15) is 0 Å². The molecule has 2 aromatic rings. The van der Waals surface area contributed by atoms with E-state index < -0.39 is 10.0 Å². The summed E-state index contributed by atoms with van der Waals surface area (Å²) in [4.78, 5) is 12.5. The van der Waals surface area contributed by atoms with Crippen molar-refractivity contribution in [2.75, 3.05) is 21.2 Å². The molecule has 0 radical (unpaired) electrons. The second-order valence-corrected chi connectivity index (χ2v) is 8.75. The zero-order valence-electron chi connectivity index (χ0n) is 16.4. The first-order valence-electron chi connectivity index (χ1n) is 8.79. The summed E-state index contributed by atoms with van der Waals surface area (Å²) >= 11 is 0. The molecule has 2 rings (SSSR count). The van der Waals surface area contributed by atoms with Gasteiger partial charge in [0.1, 0.15) is 11.6 Å². The van der Waals surface area contributed by atoms with Gasteiger partial charge in [-0.05, 0) is 54.8 Å². The van der Waals surface area contributed by atoms with Gasteiger partial charge in [0.15, 0.2) is 0 Å². The van der Waals surface area contributed by atoms with Crippen molar-refractivity contribution >= 4 is 15.9 Å². The maximum atomic E-state index is 13.0. The van der Waals surface area contributed by atoms with Gasteiger partial charge < -0.3 is 10.1 Å². The molecule has 0 spiro atoms. The summed E-state index contributed by atoms with van der Waals surface area (Å²) in [5, 5.41) is 2.86. The largest absolute Gasteiger partial charge is 0.496 e. The zero-order valence-corrected chi connectivity index (χ0v) is 17.2. The van der Waals surface area contributed by atoms with E-state index in [9.17, 15) is 17.6 Å². The number of methoxy groups -OCH3 is 1. The lowest BCUT2D eigenvalue weighted by molar-refractivity contribution is -0.121. The first-order chi connectivity index (χ1) is 13.1. The highest BCUT2D eigenvalue weighted by atomic mass is 32.2. The molecular weight excluding hydrogens is 383 g/mol. The summed E-state index contributed by atoms with van der Waals surface area (Å²) in [5.74, 6) is -0.00114.